The Hall–Kier alpha value is -0.430. The molecular weight excluding hydrogens is 134 g/mol. The van der Waals surface area contributed by atoms with Gasteiger partial charge in [-0.15, -0.1) is 0 Å². The van der Waals surface area contributed by atoms with Gasteiger partial charge < -0.3 is 5.73 Å². The fourth-order valence-electron chi connectivity index (χ4n) is 0.412. The molecule has 0 rings (SSSR count). The van der Waals surface area contributed by atoms with Crippen LogP contribution in [0.5, 0.6) is 0 Å². The third kappa shape index (κ3) is 4.10. The van der Waals surface area contributed by atoms with Gasteiger partial charge in [-0.05, 0) is 32.4 Å². The van der Waals surface area contributed by atoms with Gasteiger partial charge in [-0.2, -0.15) is 0 Å². The SMILES string of the molecule is C/C(N)=C(C)/C=C(\C)Cl. The second kappa shape index (κ2) is 3.57. The molecule has 2 heteroatoms. The molecule has 1 nitrogen and oxygen atoms in total. The number of allylic oxidation sites excluding steroid dienone is 4. The maximum absolute atomic E-state index is 5.59. The topological polar surface area (TPSA) is 26.0 Å². The van der Waals surface area contributed by atoms with Crippen LogP contribution in [0, 0.1) is 0 Å². The van der Waals surface area contributed by atoms with Gasteiger partial charge in [0, 0.05) is 10.7 Å². The standard InChI is InChI=1S/C7H12ClN/c1-5(7(3)9)4-6(2)8/h4H,9H2,1-3H3/b6-4+,7-5-. The Bertz CT molecular complexity index is 148. The first-order valence-electron chi connectivity index (χ1n) is 2.81. The van der Waals surface area contributed by atoms with Crippen LogP contribution in [0.2, 0.25) is 0 Å². The highest BCUT2D eigenvalue weighted by atomic mass is 35.5. The van der Waals surface area contributed by atoms with Crippen LogP contribution in [0.15, 0.2) is 22.4 Å². The zero-order chi connectivity index (χ0) is 7.44. The molecule has 0 saturated carbocycles. The summed E-state index contributed by atoms with van der Waals surface area (Å²) in [6.45, 7) is 5.61. The summed E-state index contributed by atoms with van der Waals surface area (Å²) in [5.41, 5.74) is 7.31. The van der Waals surface area contributed by atoms with Gasteiger partial charge in [0.25, 0.3) is 0 Å². The minimum atomic E-state index is 0.761. The summed E-state index contributed by atoms with van der Waals surface area (Å²) in [5, 5.41) is 0.761. The first-order chi connectivity index (χ1) is 4.04. The Morgan fingerprint density at radius 1 is 1.33 bits per heavy atom. The van der Waals surface area contributed by atoms with Crippen LogP contribution in [-0.4, -0.2) is 0 Å². The predicted octanol–water partition coefficient (Wildman–Crippen LogP) is 2.38. The van der Waals surface area contributed by atoms with Gasteiger partial charge in [0.1, 0.15) is 0 Å². The lowest BCUT2D eigenvalue weighted by atomic mass is 10.2. The summed E-state index contributed by atoms with van der Waals surface area (Å²) in [7, 11) is 0. The van der Waals surface area contributed by atoms with E-state index in [1.165, 1.54) is 0 Å². The van der Waals surface area contributed by atoms with Crippen LogP contribution in [0.4, 0.5) is 0 Å². The quantitative estimate of drug-likeness (QED) is 0.564. The van der Waals surface area contributed by atoms with Crippen LogP contribution in [0.1, 0.15) is 20.8 Å². The maximum atomic E-state index is 5.59. The van der Waals surface area contributed by atoms with E-state index in [4.69, 9.17) is 17.3 Å². The number of rotatable bonds is 1. The van der Waals surface area contributed by atoms with Crippen molar-refractivity contribution in [3.63, 3.8) is 0 Å². The highest BCUT2D eigenvalue weighted by molar-refractivity contribution is 6.29. The molecule has 0 aliphatic rings. The third-order valence-electron chi connectivity index (χ3n) is 1.04. The van der Waals surface area contributed by atoms with E-state index in [9.17, 15) is 0 Å². The zero-order valence-electron chi connectivity index (χ0n) is 6.03. The highest BCUT2D eigenvalue weighted by Gasteiger charge is 1.86. The first kappa shape index (κ1) is 8.57. The minimum Gasteiger partial charge on any atom is -0.402 e. The van der Waals surface area contributed by atoms with Gasteiger partial charge in [0.2, 0.25) is 0 Å². The summed E-state index contributed by atoms with van der Waals surface area (Å²) in [5.74, 6) is 0. The largest absolute Gasteiger partial charge is 0.402 e. The summed E-state index contributed by atoms with van der Waals surface area (Å²) in [4.78, 5) is 0. The van der Waals surface area contributed by atoms with Crippen LogP contribution in [-0.2, 0) is 0 Å². The monoisotopic (exact) mass is 145 g/mol. The van der Waals surface area contributed by atoms with E-state index in [1.54, 1.807) is 0 Å². The Kier molecular flexibility index (Phi) is 3.40. The molecule has 0 amide bonds. The molecule has 9 heavy (non-hydrogen) atoms. The van der Waals surface area contributed by atoms with E-state index in [2.05, 4.69) is 0 Å². The third-order valence-corrected chi connectivity index (χ3v) is 1.15. The van der Waals surface area contributed by atoms with E-state index in [0.29, 0.717) is 0 Å². The predicted molar refractivity (Wildman–Crippen MR) is 42.2 cm³/mol. The molecule has 0 aromatic carbocycles. The molecule has 0 fully saturated rings. The molecule has 52 valence electrons. The normalized spacial score (nSPS) is 15.3. The second-order valence-electron chi connectivity index (χ2n) is 2.10. The second-order valence-corrected chi connectivity index (χ2v) is 2.69. The lowest BCUT2D eigenvalue weighted by molar-refractivity contribution is 1.23. The molecule has 0 unspecified atom stereocenters. The lowest BCUT2D eigenvalue weighted by Gasteiger charge is -1.94. The fraction of sp³-hybridized carbons (Fsp3) is 0.429. The Labute approximate surface area is 61.2 Å². The number of hydrogen-bond acceptors (Lipinski definition) is 1. The molecule has 0 heterocycles. The van der Waals surface area contributed by atoms with Crippen molar-refractivity contribution in [2.24, 2.45) is 5.73 Å². The Balaban J connectivity index is 4.25. The zero-order valence-corrected chi connectivity index (χ0v) is 6.79. The molecule has 0 radical (unpaired) electrons. The molecular formula is C7H12ClN. The van der Waals surface area contributed by atoms with E-state index < -0.39 is 0 Å². The average molecular weight is 146 g/mol. The van der Waals surface area contributed by atoms with Gasteiger partial charge >= 0.3 is 0 Å². The van der Waals surface area contributed by atoms with Crippen molar-refractivity contribution in [3.8, 4) is 0 Å². The first-order valence-corrected chi connectivity index (χ1v) is 3.18. The Morgan fingerprint density at radius 3 is 1.89 bits per heavy atom. The molecule has 0 aliphatic heterocycles. The van der Waals surface area contributed by atoms with Crippen molar-refractivity contribution in [2.45, 2.75) is 20.8 Å². The number of halogens is 1. The fourth-order valence-corrected chi connectivity index (χ4v) is 0.576. The Morgan fingerprint density at radius 2 is 1.78 bits per heavy atom. The van der Waals surface area contributed by atoms with Crippen LogP contribution >= 0.6 is 11.6 Å². The van der Waals surface area contributed by atoms with E-state index in [-0.39, 0.29) is 0 Å². The molecule has 0 aliphatic carbocycles. The summed E-state index contributed by atoms with van der Waals surface area (Å²) in [6.07, 6.45) is 1.84. The maximum Gasteiger partial charge on any atom is 0.0153 e. The molecule has 0 aromatic rings. The van der Waals surface area contributed by atoms with E-state index in [0.717, 1.165) is 16.3 Å². The molecule has 0 bridgehead atoms. The van der Waals surface area contributed by atoms with Crippen LogP contribution < -0.4 is 5.73 Å². The number of nitrogens with two attached hydrogens (primary N) is 1. The van der Waals surface area contributed by atoms with Crippen LogP contribution in [0.3, 0.4) is 0 Å². The van der Waals surface area contributed by atoms with Gasteiger partial charge in [0.15, 0.2) is 0 Å². The van der Waals surface area contributed by atoms with E-state index >= 15 is 0 Å². The van der Waals surface area contributed by atoms with Crippen molar-refractivity contribution >= 4 is 11.6 Å². The van der Waals surface area contributed by atoms with Crippen molar-refractivity contribution in [2.75, 3.05) is 0 Å². The highest BCUT2D eigenvalue weighted by Crippen LogP contribution is 2.06. The summed E-state index contributed by atoms with van der Waals surface area (Å²) >= 11 is 5.59. The molecule has 0 atom stereocenters. The van der Waals surface area contributed by atoms with Gasteiger partial charge in [-0.3, -0.25) is 0 Å². The van der Waals surface area contributed by atoms with Gasteiger partial charge in [-0.1, -0.05) is 11.6 Å². The average Bonchev–Trinajstić information content (AvgIpc) is 1.63. The molecule has 0 spiro atoms. The van der Waals surface area contributed by atoms with Crippen LogP contribution in [0.25, 0.3) is 0 Å². The van der Waals surface area contributed by atoms with Gasteiger partial charge in [0.05, 0.1) is 0 Å². The van der Waals surface area contributed by atoms with Crippen molar-refractivity contribution < 1.29 is 0 Å². The smallest absolute Gasteiger partial charge is 0.0153 e. The van der Waals surface area contributed by atoms with Crippen molar-refractivity contribution in [1.29, 1.82) is 0 Å². The summed E-state index contributed by atoms with van der Waals surface area (Å²) < 4.78 is 0. The molecule has 2 N–H and O–H groups in total. The van der Waals surface area contributed by atoms with Crippen molar-refractivity contribution in [3.05, 3.63) is 22.4 Å². The van der Waals surface area contributed by atoms with E-state index in [1.807, 2.05) is 26.8 Å². The van der Waals surface area contributed by atoms with Crippen molar-refractivity contribution in [1.82, 2.24) is 0 Å². The molecule has 0 saturated heterocycles. The lowest BCUT2D eigenvalue weighted by Crippen LogP contribution is -1.93. The number of hydrogen-bond donors (Lipinski definition) is 1. The summed E-state index contributed by atoms with van der Waals surface area (Å²) in [6, 6.07) is 0. The molecule has 0 aromatic heterocycles. The minimum absolute atomic E-state index is 0.761. The van der Waals surface area contributed by atoms with Gasteiger partial charge in [-0.25, -0.2) is 0 Å².